The molecule has 1 unspecified atom stereocenters. The molecule has 2 aliphatic heterocycles. The molecule has 0 saturated carbocycles. The van der Waals surface area contributed by atoms with Gasteiger partial charge in [0.25, 0.3) is 0 Å². The van der Waals surface area contributed by atoms with Gasteiger partial charge in [0.1, 0.15) is 5.82 Å². The number of carbonyl (C=O) groups is 1. The third-order valence-electron chi connectivity index (χ3n) is 6.82. The number of fused-ring (bicyclic) bond motifs is 1. The average molecular weight is 482 g/mol. The highest BCUT2D eigenvalue weighted by molar-refractivity contribution is 6.35. The summed E-state index contributed by atoms with van der Waals surface area (Å²) in [5.41, 5.74) is 3.67. The maximum Gasteiger partial charge on any atom is 0.229 e. The minimum atomic E-state index is -0.324. The maximum atomic E-state index is 13.3. The summed E-state index contributed by atoms with van der Waals surface area (Å²) in [5.74, 6) is 1.36. The fraction of sp³-hybridized carbons (Fsp3) is 0.360. The van der Waals surface area contributed by atoms with E-state index in [1.807, 2.05) is 30.9 Å². The van der Waals surface area contributed by atoms with E-state index in [9.17, 15) is 4.79 Å². The topological polar surface area (TPSA) is 71.0 Å². The van der Waals surface area contributed by atoms with E-state index in [-0.39, 0.29) is 17.4 Å². The fourth-order valence-electron chi connectivity index (χ4n) is 4.92. The first kappa shape index (κ1) is 22.1. The SMILES string of the molecule is Cc1nc2c(cc1-c1ncccn1)CC[C@@]1(CCN(C(=O)C(C)c3ccc(Cl)cc3Cl)C1)N2. The van der Waals surface area contributed by atoms with Crippen LogP contribution in [-0.4, -0.2) is 44.4 Å². The standard InChI is InChI=1S/C25H25Cl2N5O/c1-15(19-5-4-18(26)13-21(19)27)24(33)32-11-8-25(14-32)7-6-17-12-20(16(2)30-22(17)31-25)23-28-9-3-10-29-23/h3-5,9-10,12-13,15H,6-8,11,14H2,1-2H3,(H,30,31)/t15?,25-/m0/s1. The first-order valence-corrected chi connectivity index (χ1v) is 11.9. The zero-order valence-electron chi connectivity index (χ0n) is 18.6. The lowest BCUT2D eigenvalue weighted by Crippen LogP contribution is -2.46. The number of hydrogen-bond donors (Lipinski definition) is 1. The highest BCUT2D eigenvalue weighted by atomic mass is 35.5. The van der Waals surface area contributed by atoms with Crippen molar-refractivity contribution in [3.63, 3.8) is 0 Å². The van der Waals surface area contributed by atoms with Gasteiger partial charge in [0.2, 0.25) is 5.91 Å². The Morgan fingerprint density at radius 1 is 1.18 bits per heavy atom. The van der Waals surface area contributed by atoms with Gasteiger partial charge in [-0.2, -0.15) is 0 Å². The van der Waals surface area contributed by atoms with Crippen LogP contribution >= 0.6 is 23.2 Å². The van der Waals surface area contributed by atoms with Crippen LogP contribution in [0.4, 0.5) is 5.82 Å². The number of likely N-dealkylation sites (tertiary alicyclic amines) is 1. The molecule has 1 N–H and O–H groups in total. The zero-order valence-corrected chi connectivity index (χ0v) is 20.1. The van der Waals surface area contributed by atoms with Crippen molar-refractivity contribution >= 4 is 34.9 Å². The van der Waals surface area contributed by atoms with Crippen molar-refractivity contribution < 1.29 is 4.79 Å². The first-order chi connectivity index (χ1) is 15.8. The van der Waals surface area contributed by atoms with E-state index in [1.165, 1.54) is 5.56 Å². The van der Waals surface area contributed by atoms with E-state index in [2.05, 4.69) is 21.4 Å². The maximum absolute atomic E-state index is 13.3. The van der Waals surface area contributed by atoms with Gasteiger partial charge in [-0.15, -0.1) is 0 Å². The van der Waals surface area contributed by atoms with Crippen molar-refractivity contribution in [2.45, 2.75) is 44.6 Å². The van der Waals surface area contributed by atoms with Crippen LogP contribution in [-0.2, 0) is 11.2 Å². The van der Waals surface area contributed by atoms with Crippen molar-refractivity contribution in [1.29, 1.82) is 0 Å². The largest absolute Gasteiger partial charge is 0.363 e. The molecule has 170 valence electrons. The van der Waals surface area contributed by atoms with E-state index in [0.717, 1.165) is 41.9 Å². The second-order valence-corrected chi connectivity index (χ2v) is 9.85. The van der Waals surface area contributed by atoms with Gasteiger partial charge in [-0.3, -0.25) is 4.79 Å². The second kappa shape index (κ2) is 8.58. The Morgan fingerprint density at radius 3 is 2.73 bits per heavy atom. The van der Waals surface area contributed by atoms with Gasteiger partial charge in [0.15, 0.2) is 5.82 Å². The molecule has 1 saturated heterocycles. The third-order valence-corrected chi connectivity index (χ3v) is 7.38. The highest BCUT2D eigenvalue weighted by Crippen LogP contribution is 2.39. The molecular weight excluding hydrogens is 457 g/mol. The molecule has 0 aliphatic carbocycles. The molecule has 8 heteroatoms. The van der Waals surface area contributed by atoms with Crippen LogP contribution in [0, 0.1) is 6.92 Å². The number of nitrogens with zero attached hydrogens (tertiary/aromatic N) is 4. The van der Waals surface area contributed by atoms with Crippen LogP contribution in [0.25, 0.3) is 11.4 Å². The predicted molar refractivity (Wildman–Crippen MR) is 131 cm³/mol. The summed E-state index contributed by atoms with van der Waals surface area (Å²) in [7, 11) is 0. The monoisotopic (exact) mass is 481 g/mol. The van der Waals surface area contributed by atoms with Gasteiger partial charge in [-0.25, -0.2) is 15.0 Å². The van der Waals surface area contributed by atoms with Crippen LogP contribution in [0.15, 0.2) is 42.7 Å². The summed E-state index contributed by atoms with van der Waals surface area (Å²) < 4.78 is 0. The number of nitrogens with one attached hydrogen (secondary N) is 1. The Hall–Kier alpha value is -2.70. The molecule has 3 aromatic rings. The molecule has 0 radical (unpaired) electrons. The molecule has 33 heavy (non-hydrogen) atoms. The summed E-state index contributed by atoms with van der Waals surface area (Å²) in [6.07, 6.45) is 6.23. The minimum absolute atomic E-state index is 0.0874. The van der Waals surface area contributed by atoms with Crippen LogP contribution in [0.2, 0.25) is 10.0 Å². The normalized spacial score (nSPS) is 20.4. The number of halogens is 2. The molecule has 1 amide bonds. The van der Waals surface area contributed by atoms with E-state index in [1.54, 1.807) is 24.5 Å². The molecule has 0 bridgehead atoms. The van der Waals surface area contributed by atoms with Crippen molar-refractivity contribution in [1.82, 2.24) is 19.9 Å². The third kappa shape index (κ3) is 4.18. The molecule has 1 spiro atoms. The van der Waals surface area contributed by atoms with Gasteiger partial charge < -0.3 is 10.2 Å². The Kier molecular flexibility index (Phi) is 5.75. The first-order valence-electron chi connectivity index (χ1n) is 11.1. The second-order valence-electron chi connectivity index (χ2n) is 9.00. The number of hydrogen-bond acceptors (Lipinski definition) is 5. The molecule has 5 rings (SSSR count). The lowest BCUT2D eigenvalue weighted by Gasteiger charge is -2.36. The van der Waals surface area contributed by atoms with Crippen molar-refractivity contribution in [3.8, 4) is 11.4 Å². The number of benzene rings is 1. The minimum Gasteiger partial charge on any atom is -0.363 e. The summed E-state index contributed by atoms with van der Waals surface area (Å²) in [4.78, 5) is 28.9. The van der Waals surface area contributed by atoms with Gasteiger partial charge in [-0.1, -0.05) is 29.3 Å². The van der Waals surface area contributed by atoms with Crippen LogP contribution in [0.3, 0.4) is 0 Å². The molecule has 1 fully saturated rings. The number of anilines is 1. The number of pyridine rings is 1. The summed E-state index contributed by atoms with van der Waals surface area (Å²) >= 11 is 12.4. The molecule has 2 aliphatic rings. The van der Waals surface area contributed by atoms with Gasteiger partial charge in [0.05, 0.1) is 17.2 Å². The smallest absolute Gasteiger partial charge is 0.229 e. The summed E-state index contributed by atoms with van der Waals surface area (Å²) in [6, 6.07) is 9.27. The highest BCUT2D eigenvalue weighted by Gasteiger charge is 2.43. The molecule has 1 aromatic carbocycles. The molecule has 6 nitrogen and oxygen atoms in total. The predicted octanol–water partition coefficient (Wildman–Crippen LogP) is 5.29. The summed E-state index contributed by atoms with van der Waals surface area (Å²) in [6.45, 7) is 5.26. The van der Waals surface area contributed by atoms with Crippen molar-refractivity contribution in [2.75, 3.05) is 18.4 Å². The number of carbonyl (C=O) groups excluding carboxylic acids is 1. The molecular formula is C25H25Cl2N5O. The Bertz CT molecular complexity index is 1220. The number of amides is 1. The van der Waals surface area contributed by atoms with Crippen LogP contribution in [0.1, 0.15) is 42.5 Å². The Labute approximate surface area is 203 Å². The van der Waals surface area contributed by atoms with Gasteiger partial charge >= 0.3 is 0 Å². The quantitative estimate of drug-likeness (QED) is 0.550. The average Bonchev–Trinajstić information content (AvgIpc) is 3.21. The summed E-state index contributed by atoms with van der Waals surface area (Å²) in [5, 5.41) is 4.78. The number of aryl methyl sites for hydroxylation is 2. The van der Waals surface area contributed by atoms with Crippen molar-refractivity contribution in [2.24, 2.45) is 0 Å². The van der Waals surface area contributed by atoms with E-state index in [4.69, 9.17) is 28.2 Å². The van der Waals surface area contributed by atoms with Gasteiger partial charge in [-0.05, 0) is 68.5 Å². The molecule has 2 aromatic heterocycles. The Morgan fingerprint density at radius 2 is 1.97 bits per heavy atom. The van der Waals surface area contributed by atoms with Gasteiger partial charge in [0, 0.05) is 41.1 Å². The van der Waals surface area contributed by atoms with E-state index < -0.39 is 0 Å². The fourth-order valence-corrected chi connectivity index (χ4v) is 5.50. The van der Waals surface area contributed by atoms with Crippen LogP contribution < -0.4 is 5.32 Å². The van der Waals surface area contributed by atoms with Crippen molar-refractivity contribution in [3.05, 3.63) is 69.6 Å². The Balaban J connectivity index is 1.33. The zero-order chi connectivity index (χ0) is 23.2. The van der Waals surface area contributed by atoms with E-state index in [0.29, 0.717) is 29.0 Å². The van der Waals surface area contributed by atoms with E-state index >= 15 is 0 Å². The molecule has 4 heterocycles. The lowest BCUT2D eigenvalue weighted by molar-refractivity contribution is -0.131. The number of rotatable bonds is 3. The number of aromatic nitrogens is 3. The van der Waals surface area contributed by atoms with Crippen LogP contribution in [0.5, 0.6) is 0 Å². The lowest BCUT2D eigenvalue weighted by atomic mass is 9.86. The molecule has 2 atom stereocenters.